The molecule has 0 radical (unpaired) electrons. The largest absolute Gasteiger partial charge is 0.460 e. The van der Waals surface area contributed by atoms with Crippen molar-refractivity contribution in [3.05, 3.63) is 11.6 Å². The maximum absolute atomic E-state index is 13.3. The molecule has 0 amide bonds. The summed E-state index contributed by atoms with van der Waals surface area (Å²) in [6.07, 6.45) is -1.90. The van der Waals surface area contributed by atoms with Gasteiger partial charge in [0.1, 0.15) is 37.5 Å². The Bertz CT molecular complexity index is 920. The van der Waals surface area contributed by atoms with E-state index in [-0.39, 0.29) is 31.9 Å². The van der Waals surface area contributed by atoms with E-state index in [0.29, 0.717) is 6.42 Å². The highest BCUT2D eigenvalue weighted by atomic mass is 16.7. The number of hydrogen-bond donors (Lipinski definition) is 1. The van der Waals surface area contributed by atoms with Crippen molar-refractivity contribution in [2.75, 3.05) is 41.5 Å². The standard InChI is InChI=1S/C25H36O10/c1-12-7-14(26)20(31-6)23(2)13(12)8-15-25-9-34-24(3,18(25)16(27)22(28)35-15)21(33-11-30-5)17(19(23)25)32-10-29-4/h7,13,15-21,27H,8-11H2,1-6H3/t13-,15+,16+,17+,18-,19+,20+,21-,23-,24-,25-/m0/s1. The van der Waals surface area contributed by atoms with Gasteiger partial charge in [-0.25, -0.2) is 4.79 Å². The SMILES string of the molecule is COCO[C@@H]1[C@@H]2[C@@]3(C)[C@H](OC)C(=O)C=C(C)[C@@H]3C[C@H]3OC(=O)[C@H](O)[C@H]4[C@](C)(OC[C@]234)[C@H]1OCOC. The van der Waals surface area contributed by atoms with E-state index in [4.69, 9.17) is 33.2 Å². The maximum atomic E-state index is 13.3. The van der Waals surface area contributed by atoms with Crippen molar-refractivity contribution in [1.29, 1.82) is 0 Å². The van der Waals surface area contributed by atoms with Gasteiger partial charge in [-0.05, 0) is 32.3 Å². The normalized spacial score (nSPS) is 50.3. The summed E-state index contributed by atoms with van der Waals surface area (Å²) in [7, 11) is 4.60. The number of aliphatic hydroxyl groups excluding tert-OH is 1. The van der Waals surface area contributed by atoms with Gasteiger partial charge in [0, 0.05) is 44.0 Å². The summed E-state index contributed by atoms with van der Waals surface area (Å²) in [6, 6.07) is 0. The first-order valence-corrected chi connectivity index (χ1v) is 12.1. The molecule has 10 heteroatoms. The highest BCUT2D eigenvalue weighted by Gasteiger charge is 2.82. The summed E-state index contributed by atoms with van der Waals surface area (Å²) in [5.74, 6) is -1.97. The Hall–Kier alpha value is -1.40. The van der Waals surface area contributed by atoms with Crippen LogP contribution >= 0.6 is 0 Å². The number of carbonyl (C=O) groups excluding carboxylic acids is 2. The van der Waals surface area contributed by atoms with Crippen molar-refractivity contribution in [2.24, 2.45) is 28.6 Å². The van der Waals surface area contributed by atoms with Crippen LogP contribution < -0.4 is 0 Å². The first-order chi connectivity index (χ1) is 16.6. The quantitative estimate of drug-likeness (QED) is 0.401. The number of fused-ring (bicyclic) bond motifs is 2. The second-order valence-electron chi connectivity index (χ2n) is 11.0. The molecule has 1 N–H and O–H groups in total. The topological polar surface area (TPSA) is 119 Å². The van der Waals surface area contributed by atoms with Gasteiger partial charge in [0.15, 0.2) is 11.9 Å². The lowest BCUT2D eigenvalue weighted by Gasteiger charge is -2.69. The predicted molar refractivity (Wildman–Crippen MR) is 119 cm³/mol. The molecular formula is C25H36O10. The summed E-state index contributed by atoms with van der Waals surface area (Å²) in [6.45, 7) is 6.00. The molecule has 0 aromatic rings. The summed E-state index contributed by atoms with van der Waals surface area (Å²) >= 11 is 0. The second-order valence-corrected chi connectivity index (χ2v) is 11.0. The maximum Gasteiger partial charge on any atom is 0.335 e. The third-order valence-corrected chi connectivity index (χ3v) is 9.61. The Morgan fingerprint density at radius 2 is 1.77 bits per heavy atom. The van der Waals surface area contributed by atoms with Gasteiger partial charge in [0.05, 0.1) is 12.7 Å². The summed E-state index contributed by atoms with van der Waals surface area (Å²) < 4.78 is 41.4. The first kappa shape index (κ1) is 25.3. The van der Waals surface area contributed by atoms with Crippen LogP contribution in [-0.2, 0) is 42.7 Å². The minimum Gasteiger partial charge on any atom is -0.460 e. The molecule has 4 fully saturated rings. The molecule has 0 aromatic heterocycles. The lowest BCUT2D eigenvalue weighted by molar-refractivity contribution is -0.321. The molecule has 3 aliphatic carbocycles. The zero-order chi connectivity index (χ0) is 25.3. The number of carbonyl (C=O) groups is 2. The van der Waals surface area contributed by atoms with Crippen molar-refractivity contribution in [3.63, 3.8) is 0 Å². The zero-order valence-electron chi connectivity index (χ0n) is 21.1. The van der Waals surface area contributed by atoms with E-state index >= 15 is 0 Å². The molecule has 2 saturated carbocycles. The van der Waals surface area contributed by atoms with Gasteiger partial charge in [-0.1, -0.05) is 12.5 Å². The fraction of sp³-hybridized carbons (Fsp3) is 0.840. The van der Waals surface area contributed by atoms with Gasteiger partial charge >= 0.3 is 5.97 Å². The van der Waals surface area contributed by atoms with Crippen molar-refractivity contribution in [3.8, 4) is 0 Å². The number of hydrogen-bond acceptors (Lipinski definition) is 10. The molecule has 11 atom stereocenters. The molecule has 0 unspecified atom stereocenters. The third-order valence-electron chi connectivity index (χ3n) is 9.61. The lowest BCUT2D eigenvalue weighted by atomic mass is 9.38. The average Bonchev–Trinajstić information content (AvgIpc) is 3.06. The first-order valence-electron chi connectivity index (χ1n) is 12.1. The van der Waals surface area contributed by atoms with E-state index in [1.54, 1.807) is 13.2 Å². The fourth-order valence-corrected chi connectivity index (χ4v) is 8.62. The molecule has 2 bridgehead atoms. The fourth-order valence-electron chi connectivity index (χ4n) is 8.62. The van der Waals surface area contributed by atoms with Crippen LogP contribution in [0, 0.1) is 28.6 Å². The van der Waals surface area contributed by atoms with E-state index in [0.717, 1.165) is 5.57 Å². The molecule has 0 aromatic carbocycles. The second kappa shape index (κ2) is 8.58. The van der Waals surface area contributed by atoms with E-state index < -0.39 is 64.8 Å². The molecular weight excluding hydrogens is 460 g/mol. The van der Waals surface area contributed by atoms with Gasteiger partial charge in [0.2, 0.25) is 0 Å². The van der Waals surface area contributed by atoms with Gasteiger partial charge in [-0.3, -0.25) is 4.79 Å². The van der Waals surface area contributed by atoms with Crippen molar-refractivity contribution in [2.45, 2.75) is 63.3 Å². The Labute approximate surface area is 205 Å². The number of allylic oxidation sites excluding steroid dienone is 1. The number of ketones is 1. The van der Waals surface area contributed by atoms with Crippen LogP contribution in [-0.4, -0.2) is 94.5 Å². The van der Waals surface area contributed by atoms with Crippen LogP contribution in [0.3, 0.4) is 0 Å². The van der Waals surface area contributed by atoms with Gasteiger partial charge in [-0.15, -0.1) is 0 Å². The summed E-state index contributed by atoms with van der Waals surface area (Å²) in [5, 5.41) is 11.3. The minimum absolute atomic E-state index is 0.0149. The van der Waals surface area contributed by atoms with Crippen LogP contribution in [0.4, 0.5) is 0 Å². The third kappa shape index (κ3) is 3.08. The Morgan fingerprint density at radius 3 is 2.43 bits per heavy atom. The molecule has 2 heterocycles. The van der Waals surface area contributed by atoms with Gasteiger partial charge < -0.3 is 38.3 Å². The molecule has 1 spiro atoms. The van der Waals surface area contributed by atoms with Crippen LogP contribution in [0.5, 0.6) is 0 Å². The number of aliphatic hydroxyl groups is 1. The Balaban J connectivity index is 1.77. The Morgan fingerprint density at radius 1 is 1.09 bits per heavy atom. The molecule has 10 nitrogen and oxygen atoms in total. The zero-order valence-corrected chi connectivity index (χ0v) is 21.1. The van der Waals surface area contributed by atoms with E-state index in [2.05, 4.69) is 0 Å². The Kier molecular flexibility index (Phi) is 6.19. The van der Waals surface area contributed by atoms with Crippen LogP contribution in [0.15, 0.2) is 11.6 Å². The highest BCUT2D eigenvalue weighted by Crippen LogP contribution is 2.73. The molecule has 196 valence electrons. The lowest BCUT2D eigenvalue weighted by Crippen LogP contribution is -2.79. The van der Waals surface area contributed by atoms with Crippen molar-refractivity contribution >= 4 is 11.8 Å². The monoisotopic (exact) mass is 496 g/mol. The van der Waals surface area contributed by atoms with Crippen LogP contribution in [0.25, 0.3) is 0 Å². The van der Waals surface area contributed by atoms with Gasteiger partial charge in [0.25, 0.3) is 0 Å². The van der Waals surface area contributed by atoms with Gasteiger partial charge in [-0.2, -0.15) is 0 Å². The molecule has 5 rings (SSSR count). The number of ether oxygens (including phenoxy) is 7. The molecule has 5 aliphatic rings. The van der Waals surface area contributed by atoms with E-state index in [1.165, 1.54) is 14.2 Å². The minimum atomic E-state index is -1.41. The smallest absolute Gasteiger partial charge is 0.335 e. The van der Waals surface area contributed by atoms with E-state index in [9.17, 15) is 14.7 Å². The predicted octanol–water partition coefficient (Wildman–Crippen LogP) is 0.842. The number of esters is 1. The summed E-state index contributed by atoms with van der Waals surface area (Å²) in [5.41, 5.74) is -1.73. The van der Waals surface area contributed by atoms with E-state index in [1.807, 2.05) is 20.8 Å². The van der Waals surface area contributed by atoms with Crippen molar-refractivity contribution in [1.82, 2.24) is 0 Å². The molecule has 2 saturated heterocycles. The molecule has 2 aliphatic heterocycles. The average molecular weight is 497 g/mol. The van der Waals surface area contributed by atoms with Crippen molar-refractivity contribution < 1.29 is 47.9 Å². The van der Waals surface area contributed by atoms with Crippen LogP contribution in [0.1, 0.15) is 27.2 Å². The number of methoxy groups -OCH3 is 3. The molecule has 35 heavy (non-hydrogen) atoms. The number of rotatable bonds is 7. The highest BCUT2D eigenvalue weighted by molar-refractivity contribution is 5.96. The van der Waals surface area contributed by atoms with Crippen LogP contribution in [0.2, 0.25) is 0 Å². The summed E-state index contributed by atoms with van der Waals surface area (Å²) in [4.78, 5) is 26.2.